The van der Waals surface area contributed by atoms with E-state index in [2.05, 4.69) is 15.9 Å². The highest BCUT2D eigenvalue weighted by Crippen LogP contribution is 2.16. The zero-order valence-corrected chi connectivity index (χ0v) is 6.66. The van der Waals surface area contributed by atoms with Gasteiger partial charge in [-0.25, -0.2) is 0 Å². The van der Waals surface area contributed by atoms with E-state index in [0.29, 0.717) is 0 Å². The van der Waals surface area contributed by atoms with Crippen LogP contribution in [0.2, 0.25) is 0 Å². The Bertz CT molecular complexity index is 102. The molecule has 0 fully saturated rings. The topological polar surface area (TPSA) is 37.3 Å². The van der Waals surface area contributed by atoms with Gasteiger partial charge in [0.2, 0.25) is 0 Å². The molecule has 0 aromatic heterocycles. The smallest absolute Gasteiger partial charge is 0.325 e. The van der Waals surface area contributed by atoms with Crippen molar-refractivity contribution in [1.82, 2.24) is 0 Å². The van der Waals surface area contributed by atoms with Crippen LogP contribution in [0.15, 0.2) is 0 Å². The molecule has 0 aromatic carbocycles. The molecule has 0 aromatic rings. The van der Waals surface area contributed by atoms with Crippen molar-refractivity contribution >= 4 is 33.5 Å². The molecular formula is C4H6BrClO2. The third kappa shape index (κ3) is 2.01. The van der Waals surface area contributed by atoms with E-state index >= 15 is 0 Å². The second-order valence-corrected chi connectivity index (χ2v) is 3.03. The first-order valence-electron chi connectivity index (χ1n) is 1.99. The highest BCUT2D eigenvalue weighted by atomic mass is 79.9. The summed E-state index contributed by atoms with van der Waals surface area (Å²) in [7, 11) is 0. The van der Waals surface area contributed by atoms with E-state index in [9.17, 15) is 4.79 Å². The minimum absolute atomic E-state index is 0.261. The molecule has 0 radical (unpaired) electrons. The summed E-state index contributed by atoms with van der Waals surface area (Å²) in [5, 5.41) is 8.54. The van der Waals surface area contributed by atoms with Crippen molar-refractivity contribution in [3.05, 3.63) is 0 Å². The average molecular weight is 201 g/mol. The van der Waals surface area contributed by atoms with E-state index in [1.807, 2.05) is 0 Å². The summed E-state index contributed by atoms with van der Waals surface area (Å²) in [6.45, 7) is 1.44. The lowest BCUT2D eigenvalue weighted by molar-refractivity contribution is -0.139. The predicted octanol–water partition coefficient (Wildman–Crippen LogP) is 1.46. The molecule has 1 unspecified atom stereocenters. The Morgan fingerprint density at radius 2 is 2.38 bits per heavy atom. The normalized spacial score (nSPS) is 17.4. The molecule has 48 valence electrons. The number of hydrogen-bond donors (Lipinski definition) is 1. The van der Waals surface area contributed by atoms with Gasteiger partial charge in [-0.2, -0.15) is 0 Å². The Balaban J connectivity index is 3.91. The van der Waals surface area contributed by atoms with Crippen molar-refractivity contribution in [2.24, 2.45) is 0 Å². The van der Waals surface area contributed by atoms with Gasteiger partial charge < -0.3 is 5.11 Å². The Morgan fingerprint density at radius 3 is 2.38 bits per heavy atom. The lowest BCUT2D eigenvalue weighted by atomic mass is 10.2. The first-order valence-corrected chi connectivity index (χ1v) is 3.49. The first kappa shape index (κ1) is 8.24. The zero-order chi connectivity index (χ0) is 6.78. The lowest BCUT2D eigenvalue weighted by Crippen LogP contribution is -2.29. The van der Waals surface area contributed by atoms with Gasteiger partial charge in [-0.3, -0.25) is 4.79 Å². The molecule has 1 N–H and O–H groups in total. The molecule has 0 spiro atoms. The number of aliphatic carboxylic acids is 1. The second kappa shape index (κ2) is 2.69. The van der Waals surface area contributed by atoms with Gasteiger partial charge in [0.05, 0.1) is 0 Å². The predicted molar refractivity (Wildman–Crippen MR) is 35.7 cm³/mol. The van der Waals surface area contributed by atoms with Gasteiger partial charge in [0.1, 0.15) is 4.87 Å². The molecule has 2 nitrogen and oxygen atoms in total. The van der Waals surface area contributed by atoms with E-state index < -0.39 is 10.8 Å². The van der Waals surface area contributed by atoms with Crippen molar-refractivity contribution in [3.8, 4) is 0 Å². The van der Waals surface area contributed by atoms with E-state index in [1.54, 1.807) is 0 Å². The summed E-state index contributed by atoms with van der Waals surface area (Å²) in [6.07, 6.45) is 0. The van der Waals surface area contributed by atoms with Gasteiger partial charge in [-0.1, -0.05) is 15.9 Å². The standard InChI is InChI=1S/C4H6BrClO2/c1-4(6,2-5)3(7)8/h2H2,1H3,(H,7,8). The summed E-state index contributed by atoms with van der Waals surface area (Å²) in [5.74, 6) is -1.00. The number of alkyl halides is 2. The van der Waals surface area contributed by atoms with Gasteiger partial charge in [-0.05, 0) is 6.92 Å². The quantitative estimate of drug-likeness (QED) is 0.687. The fourth-order valence-electron chi connectivity index (χ4n) is 0.0572. The number of carboxylic acids is 1. The van der Waals surface area contributed by atoms with E-state index in [1.165, 1.54) is 6.92 Å². The van der Waals surface area contributed by atoms with Crippen molar-refractivity contribution in [3.63, 3.8) is 0 Å². The first-order chi connectivity index (χ1) is 3.50. The number of carbonyl (C=O) groups is 1. The number of rotatable bonds is 2. The monoisotopic (exact) mass is 200 g/mol. The molecule has 0 saturated heterocycles. The largest absolute Gasteiger partial charge is 0.480 e. The Kier molecular flexibility index (Phi) is 2.77. The SMILES string of the molecule is CC(Cl)(CBr)C(=O)O. The Morgan fingerprint density at radius 1 is 2.00 bits per heavy atom. The van der Waals surface area contributed by atoms with Crippen LogP contribution >= 0.6 is 27.5 Å². The van der Waals surface area contributed by atoms with Gasteiger partial charge in [0, 0.05) is 5.33 Å². The molecule has 0 amide bonds. The fourth-order valence-corrected chi connectivity index (χ4v) is 0.297. The molecule has 1 atom stereocenters. The number of carboxylic acid groups (broad SMARTS) is 1. The van der Waals surface area contributed by atoms with Crippen LogP contribution in [0, 0.1) is 0 Å². The third-order valence-corrected chi connectivity index (χ3v) is 2.44. The number of halogens is 2. The lowest BCUT2D eigenvalue weighted by Gasteiger charge is -2.10. The summed E-state index contributed by atoms with van der Waals surface area (Å²) in [5.41, 5.74) is 0. The zero-order valence-electron chi connectivity index (χ0n) is 4.32. The van der Waals surface area contributed by atoms with Crippen molar-refractivity contribution < 1.29 is 9.90 Å². The highest BCUT2D eigenvalue weighted by Gasteiger charge is 2.28. The average Bonchev–Trinajstić information content (AvgIpc) is 1.67. The van der Waals surface area contributed by atoms with Crippen molar-refractivity contribution in [2.75, 3.05) is 5.33 Å². The molecule has 0 aliphatic heterocycles. The summed E-state index contributed by atoms with van der Waals surface area (Å²) >= 11 is 8.37. The van der Waals surface area contributed by atoms with E-state index in [4.69, 9.17) is 16.7 Å². The van der Waals surface area contributed by atoms with E-state index in [-0.39, 0.29) is 5.33 Å². The third-order valence-electron chi connectivity index (χ3n) is 0.697. The maximum Gasteiger partial charge on any atom is 0.325 e. The summed E-state index contributed by atoms with van der Waals surface area (Å²) < 4.78 is 0. The second-order valence-electron chi connectivity index (χ2n) is 1.64. The van der Waals surface area contributed by atoms with Crippen LogP contribution in [0.25, 0.3) is 0 Å². The van der Waals surface area contributed by atoms with Gasteiger partial charge >= 0.3 is 5.97 Å². The van der Waals surface area contributed by atoms with Crippen molar-refractivity contribution in [2.45, 2.75) is 11.8 Å². The van der Waals surface area contributed by atoms with Crippen LogP contribution in [0.5, 0.6) is 0 Å². The van der Waals surface area contributed by atoms with Gasteiger partial charge in [0.25, 0.3) is 0 Å². The van der Waals surface area contributed by atoms with Gasteiger partial charge in [0.15, 0.2) is 0 Å². The summed E-state index contributed by atoms with van der Waals surface area (Å²) in [4.78, 5) is 8.94. The molecule has 0 rings (SSSR count). The molecule has 0 saturated carbocycles. The maximum atomic E-state index is 10.1. The molecule has 4 heteroatoms. The molecule has 0 bridgehead atoms. The van der Waals surface area contributed by atoms with Crippen LogP contribution in [0.1, 0.15) is 6.92 Å². The molecule has 0 aliphatic carbocycles. The Hall–Kier alpha value is 0.240. The molecular weight excluding hydrogens is 195 g/mol. The van der Waals surface area contributed by atoms with Crippen LogP contribution in [-0.4, -0.2) is 21.3 Å². The molecule has 0 aliphatic rings. The summed E-state index contributed by atoms with van der Waals surface area (Å²) in [6, 6.07) is 0. The minimum atomic E-state index is -1.15. The van der Waals surface area contributed by atoms with Crippen molar-refractivity contribution in [1.29, 1.82) is 0 Å². The molecule has 0 heterocycles. The highest BCUT2D eigenvalue weighted by molar-refractivity contribution is 9.09. The number of hydrogen-bond acceptors (Lipinski definition) is 1. The maximum absolute atomic E-state index is 10.1. The van der Waals surface area contributed by atoms with Crippen LogP contribution in [0.4, 0.5) is 0 Å². The van der Waals surface area contributed by atoms with Gasteiger partial charge in [-0.15, -0.1) is 11.6 Å². The van der Waals surface area contributed by atoms with E-state index in [0.717, 1.165) is 0 Å². The minimum Gasteiger partial charge on any atom is -0.480 e. The Labute approximate surface area is 61.0 Å². The van der Waals surface area contributed by atoms with Crippen LogP contribution < -0.4 is 0 Å². The molecule has 8 heavy (non-hydrogen) atoms. The van der Waals surface area contributed by atoms with Crippen LogP contribution in [-0.2, 0) is 4.79 Å². The fraction of sp³-hybridized carbons (Fsp3) is 0.750. The van der Waals surface area contributed by atoms with Crippen LogP contribution in [0.3, 0.4) is 0 Å².